The van der Waals surface area contributed by atoms with E-state index in [1.54, 1.807) is 17.0 Å². The molecule has 0 spiro atoms. The zero-order valence-corrected chi connectivity index (χ0v) is 17.2. The number of carboxylic acid groups (broad SMARTS) is 1. The number of likely N-dealkylation sites (N-methyl/N-ethyl adjacent to an activating group) is 1. The third kappa shape index (κ3) is 5.11. The molecule has 27 heavy (non-hydrogen) atoms. The van der Waals surface area contributed by atoms with Crippen LogP contribution in [-0.2, 0) is 4.74 Å². The van der Waals surface area contributed by atoms with E-state index in [0.29, 0.717) is 25.5 Å². The number of aromatic nitrogens is 1. The second-order valence-corrected chi connectivity index (χ2v) is 8.22. The fourth-order valence-corrected chi connectivity index (χ4v) is 3.24. The number of carboxylic acids is 1. The molecule has 2 heterocycles. The Balaban J connectivity index is 2.22. The molecule has 1 saturated heterocycles. The molecule has 150 valence electrons. The first-order chi connectivity index (χ1) is 12.5. The van der Waals surface area contributed by atoms with Crippen molar-refractivity contribution in [1.29, 1.82) is 0 Å². The van der Waals surface area contributed by atoms with E-state index in [-0.39, 0.29) is 23.6 Å². The highest BCUT2D eigenvalue weighted by atomic mass is 16.6. The van der Waals surface area contributed by atoms with Crippen LogP contribution in [0.4, 0.5) is 10.6 Å². The highest BCUT2D eigenvalue weighted by molar-refractivity contribution is 5.93. The minimum Gasteiger partial charge on any atom is -0.478 e. The fraction of sp³-hybridized carbons (Fsp3) is 0.650. The van der Waals surface area contributed by atoms with E-state index in [0.717, 1.165) is 12.1 Å². The maximum Gasteiger partial charge on any atom is 0.410 e. The summed E-state index contributed by atoms with van der Waals surface area (Å²) in [5.41, 5.74) is 0.505. The summed E-state index contributed by atoms with van der Waals surface area (Å²) in [5, 5.41) is 9.54. The molecule has 1 aliphatic heterocycles. The molecular weight excluding hydrogens is 346 g/mol. The van der Waals surface area contributed by atoms with E-state index in [1.165, 1.54) is 0 Å². The summed E-state index contributed by atoms with van der Waals surface area (Å²) >= 11 is 0. The van der Waals surface area contributed by atoms with Crippen LogP contribution < -0.4 is 4.90 Å². The number of hydrogen-bond acceptors (Lipinski definition) is 5. The van der Waals surface area contributed by atoms with Gasteiger partial charge in [-0.25, -0.2) is 14.6 Å². The van der Waals surface area contributed by atoms with Crippen molar-refractivity contribution in [1.82, 2.24) is 9.88 Å². The number of pyridine rings is 1. The molecule has 1 aromatic heterocycles. The zero-order valence-electron chi connectivity index (χ0n) is 17.2. The van der Waals surface area contributed by atoms with E-state index in [1.807, 2.05) is 46.4 Å². The molecule has 0 unspecified atom stereocenters. The maximum absolute atomic E-state index is 12.5. The minimum absolute atomic E-state index is 0.0315. The van der Waals surface area contributed by atoms with Gasteiger partial charge in [0.15, 0.2) is 0 Å². The summed E-state index contributed by atoms with van der Waals surface area (Å²) in [6.07, 6.45) is 0.416. The van der Waals surface area contributed by atoms with Gasteiger partial charge in [-0.1, -0.05) is 13.8 Å². The molecule has 0 bridgehead atoms. The van der Waals surface area contributed by atoms with Crippen molar-refractivity contribution in [3.05, 3.63) is 23.4 Å². The standard InChI is InChI=1S/C20H31N3O4/c1-7-23(19(26)27-20(4,5)6)14-10-11-22(12-14)17-15(18(24)25)8-9-16(21-17)13(2)3/h8-9,13-14H,7,10-12H2,1-6H3,(H,24,25)/t14-/m1/s1. The zero-order chi connectivity index (χ0) is 20.4. The molecule has 7 heteroatoms. The number of rotatable bonds is 5. The van der Waals surface area contributed by atoms with Crippen LogP contribution in [0.25, 0.3) is 0 Å². The molecule has 1 atom stereocenters. The molecule has 0 saturated carbocycles. The van der Waals surface area contributed by atoms with Crippen LogP contribution in [0.15, 0.2) is 12.1 Å². The first-order valence-electron chi connectivity index (χ1n) is 9.52. The monoisotopic (exact) mass is 377 g/mol. The van der Waals surface area contributed by atoms with Crippen molar-refractivity contribution in [2.45, 2.75) is 65.5 Å². The Morgan fingerprint density at radius 1 is 1.37 bits per heavy atom. The third-order valence-corrected chi connectivity index (χ3v) is 4.59. The van der Waals surface area contributed by atoms with Crippen LogP contribution >= 0.6 is 0 Å². The van der Waals surface area contributed by atoms with Crippen molar-refractivity contribution < 1.29 is 19.4 Å². The second kappa shape index (κ2) is 8.15. The number of carbonyl (C=O) groups is 2. The Bertz CT molecular complexity index is 697. The lowest BCUT2D eigenvalue weighted by Crippen LogP contribution is -2.44. The van der Waals surface area contributed by atoms with Crippen molar-refractivity contribution >= 4 is 17.9 Å². The van der Waals surface area contributed by atoms with Crippen LogP contribution in [0, 0.1) is 0 Å². The largest absolute Gasteiger partial charge is 0.478 e. The smallest absolute Gasteiger partial charge is 0.410 e. The number of nitrogens with zero attached hydrogens (tertiary/aromatic N) is 3. The lowest BCUT2D eigenvalue weighted by molar-refractivity contribution is 0.0190. The molecule has 1 aromatic rings. The minimum atomic E-state index is -0.990. The quantitative estimate of drug-likeness (QED) is 0.842. The number of aromatic carboxylic acids is 1. The van der Waals surface area contributed by atoms with Gasteiger partial charge >= 0.3 is 12.1 Å². The number of carbonyl (C=O) groups excluding carboxylic acids is 1. The average molecular weight is 377 g/mol. The van der Waals surface area contributed by atoms with E-state index in [9.17, 15) is 14.7 Å². The van der Waals surface area contributed by atoms with Crippen LogP contribution in [0.5, 0.6) is 0 Å². The molecule has 1 aliphatic rings. The topological polar surface area (TPSA) is 83.0 Å². The van der Waals surface area contributed by atoms with Gasteiger partial charge in [-0.15, -0.1) is 0 Å². The maximum atomic E-state index is 12.5. The Hall–Kier alpha value is -2.31. The van der Waals surface area contributed by atoms with E-state index >= 15 is 0 Å². The third-order valence-electron chi connectivity index (χ3n) is 4.59. The number of amides is 1. The van der Waals surface area contributed by atoms with Gasteiger partial charge in [0, 0.05) is 25.3 Å². The summed E-state index contributed by atoms with van der Waals surface area (Å²) < 4.78 is 5.52. The summed E-state index contributed by atoms with van der Waals surface area (Å²) in [7, 11) is 0. The molecule has 7 nitrogen and oxygen atoms in total. The first kappa shape index (κ1) is 21.0. The molecule has 2 rings (SSSR count). The summed E-state index contributed by atoms with van der Waals surface area (Å²) in [4.78, 5) is 32.5. The lowest BCUT2D eigenvalue weighted by Gasteiger charge is -2.31. The van der Waals surface area contributed by atoms with Gasteiger partial charge in [0.1, 0.15) is 17.0 Å². The number of ether oxygens (including phenoxy) is 1. The van der Waals surface area contributed by atoms with Crippen molar-refractivity contribution in [3.63, 3.8) is 0 Å². The second-order valence-electron chi connectivity index (χ2n) is 8.22. The first-order valence-corrected chi connectivity index (χ1v) is 9.52. The van der Waals surface area contributed by atoms with Gasteiger partial charge in [0.25, 0.3) is 0 Å². The molecule has 0 radical (unpaired) electrons. The molecule has 0 aliphatic carbocycles. The van der Waals surface area contributed by atoms with Crippen molar-refractivity contribution in [3.8, 4) is 0 Å². The number of anilines is 1. The Morgan fingerprint density at radius 3 is 2.56 bits per heavy atom. The van der Waals surface area contributed by atoms with Gasteiger partial charge in [-0.3, -0.25) is 0 Å². The lowest BCUT2D eigenvalue weighted by atomic mass is 10.1. The Morgan fingerprint density at radius 2 is 2.04 bits per heavy atom. The Kier molecular flexibility index (Phi) is 6.34. The predicted octanol–water partition coefficient (Wildman–Crippen LogP) is 3.74. The van der Waals surface area contributed by atoms with Gasteiger partial charge in [-0.2, -0.15) is 0 Å². The van der Waals surface area contributed by atoms with Crippen LogP contribution in [0.1, 0.15) is 69.9 Å². The summed E-state index contributed by atoms with van der Waals surface area (Å²) in [5.74, 6) is -0.300. The summed E-state index contributed by atoms with van der Waals surface area (Å²) in [6, 6.07) is 3.36. The molecular formula is C20H31N3O4. The van der Waals surface area contributed by atoms with Gasteiger partial charge in [-0.05, 0) is 52.2 Å². The average Bonchev–Trinajstić information content (AvgIpc) is 3.02. The van der Waals surface area contributed by atoms with Crippen LogP contribution in [-0.4, -0.2) is 58.3 Å². The molecule has 0 aromatic carbocycles. The summed E-state index contributed by atoms with van der Waals surface area (Å²) in [6.45, 7) is 13.3. The van der Waals surface area contributed by atoms with Gasteiger partial charge in [0.2, 0.25) is 0 Å². The number of hydrogen-bond donors (Lipinski definition) is 1. The van der Waals surface area contributed by atoms with E-state index < -0.39 is 11.6 Å². The molecule has 1 amide bonds. The highest BCUT2D eigenvalue weighted by Crippen LogP contribution is 2.28. The van der Waals surface area contributed by atoms with E-state index in [2.05, 4.69) is 4.98 Å². The van der Waals surface area contributed by atoms with E-state index in [4.69, 9.17) is 4.74 Å². The normalized spacial score (nSPS) is 17.3. The molecule has 1 N–H and O–H groups in total. The predicted molar refractivity (Wildman–Crippen MR) is 105 cm³/mol. The van der Waals surface area contributed by atoms with Crippen molar-refractivity contribution in [2.75, 3.05) is 24.5 Å². The highest BCUT2D eigenvalue weighted by Gasteiger charge is 2.34. The SMILES string of the molecule is CCN(C(=O)OC(C)(C)C)[C@@H]1CCN(c2nc(C(C)C)ccc2C(=O)O)C1. The fourth-order valence-electron chi connectivity index (χ4n) is 3.24. The van der Waals surface area contributed by atoms with Crippen molar-refractivity contribution in [2.24, 2.45) is 0 Å². The van der Waals surface area contributed by atoms with Crippen LogP contribution in [0.3, 0.4) is 0 Å². The van der Waals surface area contributed by atoms with Crippen LogP contribution in [0.2, 0.25) is 0 Å². The Labute approximate surface area is 161 Å². The van der Waals surface area contributed by atoms with Gasteiger partial charge < -0.3 is 19.6 Å². The van der Waals surface area contributed by atoms with Gasteiger partial charge in [0.05, 0.1) is 6.04 Å². The molecule has 1 fully saturated rings.